The Morgan fingerprint density at radius 2 is 2.00 bits per heavy atom. The standard InChI is InChI=1S/C10H21N/c1-2-3-4-8-11-9-7-10-5-6-10/h10-11H,2-9H2,1H3. The summed E-state index contributed by atoms with van der Waals surface area (Å²) in [4.78, 5) is 0. The summed E-state index contributed by atoms with van der Waals surface area (Å²) in [5.41, 5.74) is 0. The van der Waals surface area contributed by atoms with Crippen LogP contribution in [-0.4, -0.2) is 13.1 Å². The summed E-state index contributed by atoms with van der Waals surface area (Å²) in [5.74, 6) is 1.09. The van der Waals surface area contributed by atoms with Crippen molar-refractivity contribution in [1.82, 2.24) is 5.32 Å². The Labute approximate surface area is 70.6 Å². The van der Waals surface area contributed by atoms with Gasteiger partial charge in [-0.3, -0.25) is 0 Å². The summed E-state index contributed by atoms with van der Waals surface area (Å²) in [7, 11) is 0. The third-order valence-corrected chi connectivity index (χ3v) is 2.38. The average Bonchev–Trinajstić information content (AvgIpc) is 2.80. The Bertz CT molecular complexity index is 86.9. The first-order valence-electron chi connectivity index (χ1n) is 5.14. The Hall–Kier alpha value is -0.0400. The highest BCUT2D eigenvalue weighted by Gasteiger charge is 2.19. The predicted octanol–water partition coefficient (Wildman–Crippen LogP) is 2.57. The third kappa shape index (κ3) is 5.25. The fourth-order valence-electron chi connectivity index (χ4n) is 1.34. The monoisotopic (exact) mass is 155 g/mol. The first kappa shape index (κ1) is 9.05. The molecule has 0 aromatic carbocycles. The van der Waals surface area contributed by atoms with Crippen LogP contribution in [-0.2, 0) is 0 Å². The highest BCUT2D eigenvalue weighted by molar-refractivity contribution is 4.73. The molecule has 1 saturated carbocycles. The summed E-state index contributed by atoms with van der Waals surface area (Å²) < 4.78 is 0. The van der Waals surface area contributed by atoms with E-state index in [0.717, 1.165) is 5.92 Å². The normalized spacial score (nSPS) is 17.2. The van der Waals surface area contributed by atoms with Crippen LogP contribution in [0.15, 0.2) is 0 Å². The second kappa shape index (κ2) is 5.59. The SMILES string of the molecule is CCCCCNCCC1CC1. The fourth-order valence-corrected chi connectivity index (χ4v) is 1.34. The average molecular weight is 155 g/mol. The molecule has 0 aliphatic heterocycles. The molecule has 0 spiro atoms. The minimum atomic E-state index is 1.09. The van der Waals surface area contributed by atoms with Crippen molar-refractivity contribution in [3.63, 3.8) is 0 Å². The van der Waals surface area contributed by atoms with Gasteiger partial charge in [-0.1, -0.05) is 32.6 Å². The highest BCUT2D eigenvalue weighted by atomic mass is 14.8. The fraction of sp³-hybridized carbons (Fsp3) is 1.00. The van der Waals surface area contributed by atoms with Gasteiger partial charge in [0.15, 0.2) is 0 Å². The van der Waals surface area contributed by atoms with Crippen molar-refractivity contribution >= 4 is 0 Å². The topological polar surface area (TPSA) is 12.0 Å². The largest absolute Gasteiger partial charge is 0.317 e. The number of nitrogens with one attached hydrogen (secondary N) is 1. The lowest BCUT2D eigenvalue weighted by molar-refractivity contribution is 0.579. The van der Waals surface area contributed by atoms with E-state index in [9.17, 15) is 0 Å². The molecule has 0 unspecified atom stereocenters. The second-order valence-electron chi connectivity index (χ2n) is 3.69. The van der Waals surface area contributed by atoms with E-state index >= 15 is 0 Å². The van der Waals surface area contributed by atoms with E-state index in [2.05, 4.69) is 12.2 Å². The van der Waals surface area contributed by atoms with Crippen molar-refractivity contribution in [3.05, 3.63) is 0 Å². The minimum absolute atomic E-state index is 1.09. The molecule has 1 fully saturated rings. The minimum Gasteiger partial charge on any atom is -0.317 e. The first-order chi connectivity index (χ1) is 5.43. The van der Waals surface area contributed by atoms with Crippen LogP contribution in [0.2, 0.25) is 0 Å². The summed E-state index contributed by atoms with van der Waals surface area (Å²) in [6.07, 6.45) is 8.50. The van der Waals surface area contributed by atoms with Crippen LogP contribution >= 0.6 is 0 Å². The zero-order valence-corrected chi connectivity index (χ0v) is 7.73. The maximum absolute atomic E-state index is 3.49. The van der Waals surface area contributed by atoms with E-state index in [1.807, 2.05) is 0 Å². The van der Waals surface area contributed by atoms with E-state index in [4.69, 9.17) is 0 Å². The predicted molar refractivity (Wildman–Crippen MR) is 49.7 cm³/mol. The van der Waals surface area contributed by atoms with Crippen molar-refractivity contribution in [1.29, 1.82) is 0 Å². The lowest BCUT2D eigenvalue weighted by Gasteiger charge is -2.01. The molecule has 1 N–H and O–H groups in total. The van der Waals surface area contributed by atoms with E-state index in [0.29, 0.717) is 0 Å². The van der Waals surface area contributed by atoms with Crippen LogP contribution in [0.4, 0.5) is 0 Å². The molecular formula is C10H21N. The molecule has 0 saturated heterocycles. The third-order valence-electron chi connectivity index (χ3n) is 2.38. The summed E-state index contributed by atoms with van der Waals surface area (Å²) in [6.45, 7) is 4.75. The summed E-state index contributed by atoms with van der Waals surface area (Å²) in [5, 5.41) is 3.49. The van der Waals surface area contributed by atoms with Gasteiger partial charge in [-0.25, -0.2) is 0 Å². The Morgan fingerprint density at radius 1 is 1.18 bits per heavy atom. The maximum atomic E-state index is 3.49. The number of unbranched alkanes of at least 4 members (excludes halogenated alkanes) is 2. The van der Waals surface area contributed by atoms with Crippen molar-refractivity contribution in [3.8, 4) is 0 Å². The molecule has 0 amide bonds. The first-order valence-corrected chi connectivity index (χ1v) is 5.14. The molecule has 11 heavy (non-hydrogen) atoms. The zero-order chi connectivity index (χ0) is 7.94. The molecule has 0 heterocycles. The molecule has 0 radical (unpaired) electrons. The van der Waals surface area contributed by atoms with Gasteiger partial charge in [-0.15, -0.1) is 0 Å². The number of hydrogen-bond donors (Lipinski definition) is 1. The molecule has 1 rings (SSSR count). The van der Waals surface area contributed by atoms with Crippen molar-refractivity contribution in [2.75, 3.05) is 13.1 Å². The molecule has 0 atom stereocenters. The molecule has 1 aliphatic carbocycles. The Kier molecular flexibility index (Phi) is 4.60. The molecule has 1 aliphatic rings. The van der Waals surface area contributed by atoms with Crippen LogP contribution in [0, 0.1) is 5.92 Å². The molecule has 0 aromatic rings. The second-order valence-corrected chi connectivity index (χ2v) is 3.69. The van der Waals surface area contributed by atoms with Gasteiger partial charge in [0.2, 0.25) is 0 Å². The Balaban J connectivity index is 1.66. The van der Waals surface area contributed by atoms with Crippen LogP contribution in [0.3, 0.4) is 0 Å². The summed E-state index contributed by atoms with van der Waals surface area (Å²) in [6, 6.07) is 0. The van der Waals surface area contributed by atoms with E-state index in [1.165, 1.54) is 51.6 Å². The zero-order valence-electron chi connectivity index (χ0n) is 7.73. The summed E-state index contributed by atoms with van der Waals surface area (Å²) >= 11 is 0. The molecule has 66 valence electrons. The lowest BCUT2D eigenvalue weighted by atomic mass is 10.2. The van der Waals surface area contributed by atoms with Crippen molar-refractivity contribution in [2.24, 2.45) is 5.92 Å². The van der Waals surface area contributed by atoms with Crippen molar-refractivity contribution in [2.45, 2.75) is 45.4 Å². The van der Waals surface area contributed by atoms with Gasteiger partial charge in [0, 0.05) is 0 Å². The van der Waals surface area contributed by atoms with E-state index in [-0.39, 0.29) is 0 Å². The Morgan fingerprint density at radius 3 is 2.64 bits per heavy atom. The van der Waals surface area contributed by atoms with Gasteiger partial charge >= 0.3 is 0 Å². The van der Waals surface area contributed by atoms with Crippen LogP contribution in [0.5, 0.6) is 0 Å². The van der Waals surface area contributed by atoms with Gasteiger partial charge in [0.1, 0.15) is 0 Å². The lowest BCUT2D eigenvalue weighted by Crippen LogP contribution is -2.16. The molecule has 0 bridgehead atoms. The van der Waals surface area contributed by atoms with Crippen LogP contribution < -0.4 is 5.32 Å². The molecule has 1 nitrogen and oxygen atoms in total. The van der Waals surface area contributed by atoms with Gasteiger partial charge in [-0.2, -0.15) is 0 Å². The van der Waals surface area contributed by atoms with Crippen LogP contribution in [0.25, 0.3) is 0 Å². The number of rotatable bonds is 7. The number of hydrogen-bond acceptors (Lipinski definition) is 1. The molecule has 0 aromatic heterocycles. The molecule has 1 heteroatoms. The molecular weight excluding hydrogens is 134 g/mol. The van der Waals surface area contributed by atoms with Gasteiger partial charge in [0.05, 0.1) is 0 Å². The highest BCUT2D eigenvalue weighted by Crippen LogP contribution is 2.31. The van der Waals surface area contributed by atoms with Gasteiger partial charge < -0.3 is 5.32 Å². The quantitative estimate of drug-likeness (QED) is 0.557. The smallest absolute Gasteiger partial charge is 0.00463 e. The van der Waals surface area contributed by atoms with Crippen LogP contribution in [0.1, 0.15) is 45.4 Å². The van der Waals surface area contributed by atoms with E-state index < -0.39 is 0 Å². The maximum Gasteiger partial charge on any atom is -0.00463 e. The van der Waals surface area contributed by atoms with Crippen molar-refractivity contribution < 1.29 is 0 Å². The van der Waals surface area contributed by atoms with Gasteiger partial charge in [0.25, 0.3) is 0 Å². The van der Waals surface area contributed by atoms with E-state index in [1.54, 1.807) is 0 Å². The van der Waals surface area contributed by atoms with Gasteiger partial charge in [-0.05, 0) is 31.8 Å².